The molecule has 0 saturated carbocycles. The topological polar surface area (TPSA) is 81.6 Å². The monoisotopic (exact) mass is 342 g/mol. The average Bonchev–Trinajstić information content (AvgIpc) is 3.23. The highest BCUT2D eigenvalue weighted by Crippen LogP contribution is 2.29. The molecule has 0 saturated heterocycles. The Kier molecular flexibility index (Phi) is 4.30. The van der Waals surface area contributed by atoms with Crippen molar-refractivity contribution in [2.24, 2.45) is 0 Å². The van der Waals surface area contributed by atoms with Gasteiger partial charge in [0.2, 0.25) is 0 Å². The van der Waals surface area contributed by atoms with E-state index in [0.29, 0.717) is 17.3 Å². The summed E-state index contributed by atoms with van der Waals surface area (Å²) in [4.78, 5) is 12.7. The molecule has 0 atom stereocenters. The standard InChI is InChI=1S/C20H18N6/c21-17-19(23-13-24-20(17)26-12-11-22-14-26)25-18(15-7-3-1-4-8-15)16-9-5-2-6-10-16/h1-14,18H,21H2,(H,23,24,25). The van der Waals surface area contributed by atoms with Gasteiger partial charge in [-0.3, -0.25) is 4.57 Å². The summed E-state index contributed by atoms with van der Waals surface area (Å²) in [6.07, 6.45) is 6.65. The van der Waals surface area contributed by atoms with E-state index in [0.717, 1.165) is 11.1 Å². The highest BCUT2D eigenvalue weighted by atomic mass is 15.1. The summed E-state index contributed by atoms with van der Waals surface area (Å²) in [6.45, 7) is 0. The minimum absolute atomic E-state index is 0.0785. The molecule has 6 nitrogen and oxygen atoms in total. The molecule has 0 fully saturated rings. The van der Waals surface area contributed by atoms with Gasteiger partial charge >= 0.3 is 0 Å². The molecule has 6 heteroatoms. The lowest BCUT2D eigenvalue weighted by atomic mass is 9.99. The lowest BCUT2D eigenvalue weighted by molar-refractivity contribution is 0.913. The fourth-order valence-corrected chi connectivity index (χ4v) is 2.88. The van der Waals surface area contributed by atoms with Crippen LogP contribution in [0.15, 0.2) is 85.7 Å². The molecule has 2 heterocycles. The molecule has 4 aromatic rings. The van der Waals surface area contributed by atoms with Crippen molar-refractivity contribution in [2.75, 3.05) is 11.1 Å². The number of nitrogen functional groups attached to an aromatic ring is 1. The Morgan fingerprint density at radius 2 is 1.54 bits per heavy atom. The molecule has 0 radical (unpaired) electrons. The zero-order valence-corrected chi connectivity index (χ0v) is 14.0. The van der Waals surface area contributed by atoms with Crippen LogP contribution in [0, 0.1) is 0 Å². The number of rotatable bonds is 5. The molecule has 3 N–H and O–H groups in total. The Morgan fingerprint density at radius 3 is 2.12 bits per heavy atom. The summed E-state index contributed by atoms with van der Waals surface area (Å²) >= 11 is 0. The van der Waals surface area contributed by atoms with E-state index in [1.165, 1.54) is 6.33 Å². The van der Waals surface area contributed by atoms with Gasteiger partial charge in [0.05, 0.1) is 6.04 Å². The third-order valence-corrected chi connectivity index (χ3v) is 4.16. The summed E-state index contributed by atoms with van der Waals surface area (Å²) in [7, 11) is 0. The maximum Gasteiger partial charge on any atom is 0.166 e. The van der Waals surface area contributed by atoms with Crippen LogP contribution in [0.3, 0.4) is 0 Å². The maximum absolute atomic E-state index is 6.34. The number of aromatic nitrogens is 4. The van der Waals surface area contributed by atoms with E-state index in [1.54, 1.807) is 23.3 Å². The second-order valence-corrected chi connectivity index (χ2v) is 5.83. The van der Waals surface area contributed by atoms with Crippen LogP contribution in [0.5, 0.6) is 0 Å². The Balaban J connectivity index is 1.74. The van der Waals surface area contributed by atoms with Crippen molar-refractivity contribution >= 4 is 11.5 Å². The van der Waals surface area contributed by atoms with Crippen LogP contribution in [0.4, 0.5) is 11.5 Å². The van der Waals surface area contributed by atoms with Crippen molar-refractivity contribution in [1.82, 2.24) is 19.5 Å². The van der Waals surface area contributed by atoms with Crippen LogP contribution in [-0.2, 0) is 0 Å². The molecule has 4 rings (SSSR count). The normalized spacial score (nSPS) is 10.8. The zero-order chi connectivity index (χ0) is 17.8. The Labute approximate surface area is 151 Å². The van der Waals surface area contributed by atoms with Crippen LogP contribution in [0.25, 0.3) is 5.82 Å². The molecule has 26 heavy (non-hydrogen) atoms. The van der Waals surface area contributed by atoms with Gasteiger partial charge in [0.25, 0.3) is 0 Å². The minimum Gasteiger partial charge on any atom is -0.393 e. The van der Waals surface area contributed by atoms with Crippen LogP contribution in [0.2, 0.25) is 0 Å². The van der Waals surface area contributed by atoms with Crippen LogP contribution < -0.4 is 11.1 Å². The van der Waals surface area contributed by atoms with Crippen molar-refractivity contribution < 1.29 is 0 Å². The van der Waals surface area contributed by atoms with Gasteiger partial charge in [-0.2, -0.15) is 0 Å². The number of imidazole rings is 1. The lowest BCUT2D eigenvalue weighted by Crippen LogP contribution is -2.16. The van der Waals surface area contributed by atoms with Gasteiger partial charge in [-0.25, -0.2) is 15.0 Å². The third kappa shape index (κ3) is 3.12. The van der Waals surface area contributed by atoms with Crippen LogP contribution >= 0.6 is 0 Å². The van der Waals surface area contributed by atoms with Crippen molar-refractivity contribution in [1.29, 1.82) is 0 Å². The molecule has 0 amide bonds. The molecular weight excluding hydrogens is 324 g/mol. The molecule has 0 unspecified atom stereocenters. The summed E-state index contributed by atoms with van der Waals surface area (Å²) in [5, 5.41) is 3.47. The molecule has 0 aliphatic heterocycles. The third-order valence-electron chi connectivity index (χ3n) is 4.16. The van der Waals surface area contributed by atoms with E-state index in [-0.39, 0.29) is 6.04 Å². The van der Waals surface area contributed by atoms with Crippen LogP contribution in [-0.4, -0.2) is 19.5 Å². The first-order chi connectivity index (χ1) is 12.8. The van der Waals surface area contributed by atoms with E-state index in [9.17, 15) is 0 Å². The molecule has 0 aliphatic carbocycles. The van der Waals surface area contributed by atoms with Gasteiger partial charge in [-0.05, 0) is 11.1 Å². The number of hydrogen-bond donors (Lipinski definition) is 2. The van der Waals surface area contributed by atoms with E-state index < -0.39 is 0 Å². The summed E-state index contributed by atoms with van der Waals surface area (Å²) in [5.41, 5.74) is 9.07. The minimum atomic E-state index is -0.0785. The predicted octanol–water partition coefficient (Wildman–Crippen LogP) is 3.45. The number of hydrogen-bond acceptors (Lipinski definition) is 5. The number of nitrogens with zero attached hydrogens (tertiary/aromatic N) is 4. The molecule has 2 aromatic carbocycles. The zero-order valence-electron chi connectivity index (χ0n) is 14.0. The fourth-order valence-electron chi connectivity index (χ4n) is 2.88. The largest absolute Gasteiger partial charge is 0.393 e. The molecule has 128 valence electrons. The Hall–Kier alpha value is -3.67. The second kappa shape index (κ2) is 7.06. The van der Waals surface area contributed by atoms with Crippen molar-refractivity contribution in [3.8, 4) is 5.82 Å². The van der Waals surface area contributed by atoms with E-state index in [1.807, 2.05) is 36.4 Å². The highest BCUT2D eigenvalue weighted by molar-refractivity contribution is 5.70. The molecular formula is C20H18N6. The quantitative estimate of drug-likeness (QED) is 0.580. The Morgan fingerprint density at radius 1 is 0.885 bits per heavy atom. The molecule has 2 aromatic heterocycles. The molecule has 0 spiro atoms. The summed E-state index contributed by atoms with van der Waals surface area (Å²) in [6, 6.07) is 20.3. The van der Waals surface area contributed by atoms with Gasteiger partial charge in [0.15, 0.2) is 11.6 Å². The summed E-state index contributed by atoms with van der Waals surface area (Å²) < 4.78 is 1.77. The van der Waals surface area contributed by atoms with Gasteiger partial charge in [0.1, 0.15) is 18.3 Å². The maximum atomic E-state index is 6.34. The van der Waals surface area contributed by atoms with Crippen molar-refractivity contribution in [3.63, 3.8) is 0 Å². The van der Waals surface area contributed by atoms with Crippen molar-refractivity contribution in [3.05, 3.63) is 96.8 Å². The molecule has 0 bridgehead atoms. The second-order valence-electron chi connectivity index (χ2n) is 5.83. The van der Waals surface area contributed by atoms with Gasteiger partial charge in [-0.1, -0.05) is 60.7 Å². The van der Waals surface area contributed by atoms with E-state index >= 15 is 0 Å². The molecule has 0 aliphatic rings. The predicted molar refractivity (Wildman–Crippen MR) is 102 cm³/mol. The summed E-state index contributed by atoms with van der Waals surface area (Å²) in [5.74, 6) is 1.18. The van der Waals surface area contributed by atoms with E-state index in [2.05, 4.69) is 44.5 Å². The number of nitrogens with two attached hydrogens (primary N) is 1. The van der Waals surface area contributed by atoms with Crippen LogP contribution in [0.1, 0.15) is 17.2 Å². The fraction of sp³-hybridized carbons (Fsp3) is 0.0500. The highest BCUT2D eigenvalue weighted by Gasteiger charge is 2.17. The average molecular weight is 342 g/mol. The lowest BCUT2D eigenvalue weighted by Gasteiger charge is -2.21. The SMILES string of the molecule is Nc1c(NC(c2ccccc2)c2ccccc2)ncnc1-n1ccnc1. The van der Waals surface area contributed by atoms with Gasteiger partial charge in [0, 0.05) is 12.4 Å². The first kappa shape index (κ1) is 15.8. The number of nitrogens with one attached hydrogen (secondary N) is 1. The van der Waals surface area contributed by atoms with E-state index in [4.69, 9.17) is 5.73 Å². The van der Waals surface area contributed by atoms with Gasteiger partial charge in [-0.15, -0.1) is 0 Å². The number of benzene rings is 2. The van der Waals surface area contributed by atoms with Gasteiger partial charge < -0.3 is 11.1 Å². The smallest absolute Gasteiger partial charge is 0.166 e. The number of anilines is 2. The first-order valence-electron chi connectivity index (χ1n) is 8.28. The first-order valence-corrected chi connectivity index (χ1v) is 8.28. The van der Waals surface area contributed by atoms with Crippen molar-refractivity contribution in [2.45, 2.75) is 6.04 Å². The Bertz CT molecular complexity index is 928.